The van der Waals surface area contributed by atoms with Crippen molar-refractivity contribution in [1.29, 1.82) is 0 Å². The summed E-state index contributed by atoms with van der Waals surface area (Å²) in [5.74, 6) is -0.183. The highest BCUT2D eigenvalue weighted by Crippen LogP contribution is 2.38. The first-order chi connectivity index (χ1) is 8.59. The quantitative estimate of drug-likeness (QED) is 0.466. The predicted octanol–water partition coefficient (Wildman–Crippen LogP) is 2.58. The van der Waals surface area contributed by atoms with Crippen molar-refractivity contribution in [3.8, 4) is 5.75 Å². The number of aromatic hydroxyl groups is 1. The highest BCUT2D eigenvalue weighted by atomic mass is 16.3. The summed E-state index contributed by atoms with van der Waals surface area (Å²) in [6.07, 6.45) is 0. The van der Waals surface area contributed by atoms with Gasteiger partial charge >= 0.3 is 0 Å². The van der Waals surface area contributed by atoms with Crippen LogP contribution in [0.2, 0.25) is 0 Å². The van der Waals surface area contributed by atoms with E-state index in [1.165, 1.54) is 6.07 Å². The largest absolute Gasteiger partial charge is 0.506 e. The van der Waals surface area contributed by atoms with Gasteiger partial charge in [-0.2, -0.15) is 0 Å². The third-order valence-corrected chi connectivity index (χ3v) is 3.23. The maximum Gasteiger partial charge on any atom is 0.194 e. The molecule has 3 N–H and O–H groups in total. The van der Waals surface area contributed by atoms with E-state index in [-0.39, 0.29) is 17.2 Å². The van der Waals surface area contributed by atoms with Crippen molar-refractivity contribution in [1.82, 2.24) is 0 Å². The topological polar surface area (TPSA) is 63.3 Å². The molecule has 0 atom stereocenters. The monoisotopic (exact) mass is 237 g/mol. The molecule has 0 fully saturated rings. The summed E-state index contributed by atoms with van der Waals surface area (Å²) >= 11 is 0. The summed E-state index contributed by atoms with van der Waals surface area (Å²) in [5.41, 5.74) is 9.25. The maximum absolute atomic E-state index is 12.3. The molecule has 3 rings (SSSR count). The second-order valence-corrected chi connectivity index (χ2v) is 4.31. The number of phenolic OH excluding ortho intramolecular Hbond substituents is 1. The van der Waals surface area contributed by atoms with E-state index in [9.17, 15) is 9.90 Å². The second-order valence-electron chi connectivity index (χ2n) is 4.31. The van der Waals surface area contributed by atoms with Gasteiger partial charge in [-0.25, -0.2) is 0 Å². The zero-order valence-electron chi connectivity index (χ0n) is 9.60. The first kappa shape index (κ1) is 10.6. The summed E-state index contributed by atoms with van der Waals surface area (Å²) in [6, 6.07) is 10.3. The SMILES string of the molecule is C=C1c2ccccc2C(=O)c2cc(O)c(N)cc21. The summed E-state index contributed by atoms with van der Waals surface area (Å²) in [4.78, 5) is 12.3. The molecule has 0 aliphatic heterocycles. The van der Waals surface area contributed by atoms with Crippen molar-refractivity contribution in [2.45, 2.75) is 0 Å². The highest BCUT2D eigenvalue weighted by molar-refractivity contribution is 6.19. The standard InChI is InChI=1S/C15H11NO2/c1-8-9-4-2-3-5-10(9)15(18)12-7-14(17)13(16)6-11(8)12/h2-7,17H,1,16H2. The molecule has 0 radical (unpaired) electrons. The van der Waals surface area contributed by atoms with Gasteiger partial charge < -0.3 is 10.8 Å². The molecule has 0 bridgehead atoms. The van der Waals surface area contributed by atoms with Gasteiger partial charge in [-0.3, -0.25) is 4.79 Å². The van der Waals surface area contributed by atoms with Crippen molar-refractivity contribution in [3.63, 3.8) is 0 Å². The molecule has 0 heterocycles. The number of carbonyl (C=O) groups excluding carboxylic acids is 1. The fourth-order valence-electron chi connectivity index (χ4n) is 2.28. The van der Waals surface area contributed by atoms with E-state index >= 15 is 0 Å². The third kappa shape index (κ3) is 1.27. The zero-order chi connectivity index (χ0) is 12.9. The van der Waals surface area contributed by atoms with Gasteiger partial charge in [0, 0.05) is 11.1 Å². The summed E-state index contributed by atoms with van der Waals surface area (Å²) in [7, 11) is 0. The first-order valence-corrected chi connectivity index (χ1v) is 5.55. The van der Waals surface area contributed by atoms with Crippen LogP contribution in [0.1, 0.15) is 27.0 Å². The van der Waals surface area contributed by atoms with Crippen LogP contribution in [0.25, 0.3) is 5.57 Å². The zero-order valence-corrected chi connectivity index (χ0v) is 9.60. The maximum atomic E-state index is 12.3. The van der Waals surface area contributed by atoms with Gasteiger partial charge in [0.2, 0.25) is 0 Å². The average Bonchev–Trinajstić information content (AvgIpc) is 2.38. The van der Waals surface area contributed by atoms with Gasteiger partial charge in [0.15, 0.2) is 5.78 Å². The number of benzene rings is 2. The van der Waals surface area contributed by atoms with Gasteiger partial charge in [-0.15, -0.1) is 0 Å². The van der Waals surface area contributed by atoms with Crippen molar-refractivity contribution in [2.24, 2.45) is 0 Å². The van der Waals surface area contributed by atoms with Crippen molar-refractivity contribution in [3.05, 3.63) is 65.2 Å². The number of anilines is 1. The minimum atomic E-state index is -0.108. The molecule has 0 aromatic heterocycles. The number of fused-ring (bicyclic) bond motifs is 2. The lowest BCUT2D eigenvalue weighted by Gasteiger charge is -2.21. The smallest absolute Gasteiger partial charge is 0.194 e. The molecule has 0 saturated heterocycles. The lowest BCUT2D eigenvalue weighted by atomic mass is 9.82. The molecule has 1 aliphatic carbocycles. The molecule has 2 aromatic rings. The van der Waals surface area contributed by atoms with E-state index in [4.69, 9.17) is 5.73 Å². The number of hydrogen-bond donors (Lipinski definition) is 2. The molecule has 1 aliphatic rings. The molecule has 0 unspecified atom stereocenters. The van der Waals surface area contributed by atoms with Crippen molar-refractivity contribution >= 4 is 17.0 Å². The van der Waals surface area contributed by atoms with Crippen LogP contribution in [-0.2, 0) is 0 Å². The molecule has 3 heteroatoms. The minimum Gasteiger partial charge on any atom is -0.506 e. The Labute approximate surface area is 104 Å². The van der Waals surface area contributed by atoms with Crippen LogP contribution in [0.15, 0.2) is 43.0 Å². The predicted molar refractivity (Wildman–Crippen MR) is 70.5 cm³/mol. The highest BCUT2D eigenvalue weighted by Gasteiger charge is 2.26. The number of ketones is 1. The van der Waals surface area contributed by atoms with Crippen molar-refractivity contribution < 1.29 is 9.90 Å². The number of hydrogen-bond acceptors (Lipinski definition) is 3. The molecule has 2 aromatic carbocycles. The van der Waals surface area contributed by atoms with Gasteiger partial charge in [-0.05, 0) is 28.8 Å². The van der Waals surface area contributed by atoms with E-state index in [0.717, 1.165) is 11.1 Å². The van der Waals surface area contributed by atoms with E-state index in [0.29, 0.717) is 16.7 Å². The number of carbonyl (C=O) groups is 1. The number of phenols is 1. The van der Waals surface area contributed by atoms with Crippen LogP contribution in [-0.4, -0.2) is 10.9 Å². The van der Waals surface area contributed by atoms with E-state index in [2.05, 4.69) is 6.58 Å². The Morgan fingerprint density at radius 2 is 1.67 bits per heavy atom. The molecular weight excluding hydrogens is 226 g/mol. The van der Waals surface area contributed by atoms with E-state index in [1.54, 1.807) is 12.1 Å². The van der Waals surface area contributed by atoms with Gasteiger partial charge in [0.05, 0.1) is 5.69 Å². The Hall–Kier alpha value is -2.55. The fraction of sp³-hybridized carbons (Fsp3) is 0. The average molecular weight is 237 g/mol. The Morgan fingerprint density at radius 3 is 2.39 bits per heavy atom. The minimum absolute atomic E-state index is 0.0747. The Bertz CT molecular complexity index is 642. The lowest BCUT2D eigenvalue weighted by Crippen LogP contribution is -2.14. The van der Waals surface area contributed by atoms with Crippen molar-refractivity contribution in [2.75, 3.05) is 5.73 Å². The van der Waals surface area contributed by atoms with Gasteiger partial charge in [0.1, 0.15) is 5.75 Å². The summed E-state index contributed by atoms with van der Waals surface area (Å²) < 4.78 is 0. The van der Waals surface area contributed by atoms with Crippen LogP contribution < -0.4 is 5.73 Å². The Balaban J connectivity index is 2.34. The number of rotatable bonds is 0. The van der Waals surface area contributed by atoms with Gasteiger partial charge in [-0.1, -0.05) is 30.8 Å². The molecule has 3 nitrogen and oxygen atoms in total. The van der Waals surface area contributed by atoms with E-state index < -0.39 is 0 Å². The second kappa shape index (κ2) is 3.47. The van der Waals surface area contributed by atoms with Crippen LogP contribution >= 0.6 is 0 Å². The lowest BCUT2D eigenvalue weighted by molar-refractivity contribution is 0.103. The summed E-state index contributed by atoms with van der Waals surface area (Å²) in [5, 5.41) is 9.62. The summed E-state index contributed by atoms with van der Waals surface area (Å²) in [6.45, 7) is 4.01. The molecule has 0 amide bonds. The van der Waals surface area contributed by atoms with Crippen LogP contribution in [0.4, 0.5) is 5.69 Å². The fourth-order valence-corrected chi connectivity index (χ4v) is 2.28. The van der Waals surface area contributed by atoms with Crippen LogP contribution in [0.3, 0.4) is 0 Å². The normalized spacial score (nSPS) is 13.1. The Morgan fingerprint density at radius 1 is 1.00 bits per heavy atom. The number of nitrogens with two attached hydrogens (primary N) is 1. The molecule has 18 heavy (non-hydrogen) atoms. The van der Waals surface area contributed by atoms with Crippen LogP contribution in [0.5, 0.6) is 5.75 Å². The molecule has 0 spiro atoms. The Kier molecular flexibility index (Phi) is 2.04. The molecule has 88 valence electrons. The first-order valence-electron chi connectivity index (χ1n) is 5.55. The third-order valence-electron chi connectivity index (χ3n) is 3.23. The molecule has 0 saturated carbocycles. The van der Waals surface area contributed by atoms with Crippen LogP contribution in [0, 0.1) is 0 Å². The van der Waals surface area contributed by atoms with E-state index in [1.807, 2.05) is 18.2 Å². The van der Waals surface area contributed by atoms with Gasteiger partial charge in [0.25, 0.3) is 0 Å². The number of nitrogen functional groups attached to an aromatic ring is 1. The molecular formula is C15H11NO2.